The summed E-state index contributed by atoms with van der Waals surface area (Å²) in [7, 11) is 0. The summed E-state index contributed by atoms with van der Waals surface area (Å²) in [5, 5.41) is 3.56. The van der Waals surface area contributed by atoms with Crippen molar-refractivity contribution in [2.45, 2.75) is 65.3 Å². The molecule has 1 rings (SSSR count). The van der Waals surface area contributed by atoms with Crippen LogP contribution in [-0.4, -0.2) is 17.9 Å². The molecule has 0 aromatic rings. The fourth-order valence-electron chi connectivity index (χ4n) is 2.43. The Kier molecular flexibility index (Phi) is 4.97. The first kappa shape index (κ1) is 13.7. The highest BCUT2D eigenvalue weighted by Crippen LogP contribution is 2.29. The molecule has 0 bridgehead atoms. The molecule has 0 aromatic carbocycles. The average molecular weight is 225 g/mol. The van der Waals surface area contributed by atoms with Gasteiger partial charge in [-0.05, 0) is 58.9 Å². The van der Waals surface area contributed by atoms with E-state index in [0.717, 1.165) is 31.7 Å². The van der Waals surface area contributed by atoms with Crippen LogP contribution in [-0.2, 0) is 4.79 Å². The van der Waals surface area contributed by atoms with Gasteiger partial charge in [-0.15, -0.1) is 0 Å². The van der Waals surface area contributed by atoms with Crippen molar-refractivity contribution >= 4 is 5.78 Å². The summed E-state index contributed by atoms with van der Waals surface area (Å²) in [6, 6.07) is 0. The molecular formula is C14H27NO. The van der Waals surface area contributed by atoms with Gasteiger partial charge in [-0.1, -0.05) is 6.92 Å². The standard InChI is InChI=1S/C14H27NO/c1-5-13(16)12-8-6-11(7-9-12)10-15-14(2,3)4/h11-12,15H,5-10H2,1-4H3. The smallest absolute Gasteiger partial charge is 0.135 e. The zero-order valence-electron chi connectivity index (χ0n) is 11.3. The van der Waals surface area contributed by atoms with Crippen LogP contribution in [0.5, 0.6) is 0 Å². The van der Waals surface area contributed by atoms with Crippen molar-refractivity contribution < 1.29 is 4.79 Å². The number of ketones is 1. The maximum atomic E-state index is 11.6. The normalized spacial score (nSPS) is 26.8. The zero-order chi connectivity index (χ0) is 12.2. The monoisotopic (exact) mass is 225 g/mol. The lowest BCUT2D eigenvalue weighted by atomic mass is 9.79. The minimum Gasteiger partial charge on any atom is -0.312 e. The summed E-state index contributed by atoms with van der Waals surface area (Å²) in [5.74, 6) is 1.62. The molecule has 1 fully saturated rings. The lowest BCUT2D eigenvalue weighted by molar-refractivity contribution is -0.123. The summed E-state index contributed by atoms with van der Waals surface area (Å²) < 4.78 is 0. The number of nitrogens with one attached hydrogen (secondary N) is 1. The predicted octanol–water partition coefficient (Wildman–Crippen LogP) is 3.16. The lowest BCUT2D eigenvalue weighted by Gasteiger charge is -2.30. The second kappa shape index (κ2) is 5.81. The SMILES string of the molecule is CCC(=O)C1CCC(CNC(C)(C)C)CC1. The van der Waals surface area contributed by atoms with Crippen molar-refractivity contribution in [2.75, 3.05) is 6.54 Å². The molecule has 2 nitrogen and oxygen atoms in total. The maximum absolute atomic E-state index is 11.6. The largest absolute Gasteiger partial charge is 0.312 e. The average Bonchev–Trinajstić information content (AvgIpc) is 2.25. The Morgan fingerprint density at radius 2 is 1.75 bits per heavy atom. The molecule has 2 heteroatoms. The number of carbonyl (C=O) groups excluding carboxylic acids is 1. The number of rotatable bonds is 4. The summed E-state index contributed by atoms with van der Waals surface area (Å²) in [6.07, 6.45) is 5.39. The highest BCUT2D eigenvalue weighted by molar-refractivity contribution is 5.80. The van der Waals surface area contributed by atoms with Gasteiger partial charge in [-0.3, -0.25) is 4.79 Å². The van der Waals surface area contributed by atoms with Crippen LogP contribution < -0.4 is 5.32 Å². The first-order valence-corrected chi connectivity index (χ1v) is 6.70. The fraction of sp³-hybridized carbons (Fsp3) is 0.929. The van der Waals surface area contributed by atoms with Gasteiger partial charge >= 0.3 is 0 Å². The van der Waals surface area contributed by atoms with E-state index in [2.05, 4.69) is 26.1 Å². The minimum atomic E-state index is 0.218. The Morgan fingerprint density at radius 3 is 2.19 bits per heavy atom. The van der Waals surface area contributed by atoms with Crippen molar-refractivity contribution in [3.05, 3.63) is 0 Å². The zero-order valence-corrected chi connectivity index (χ0v) is 11.3. The summed E-state index contributed by atoms with van der Waals surface area (Å²) >= 11 is 0. The Morgan fingerprint density at radius 1 is 1.19 bits per heavy atom. The van der Waals surface area contributed by atoms with Crippen molar-refractivity contribution in [3.8, 4) is 0 Å². The predicted molar refractivity (Wildman–Crippen MR) is 68.5 cm³/mol. The van der Waals surface area contributed by atoms with E-state index in [1.165, 1.54) is 12.8 Å². The molecule has 0 aliphatic heterocycles. The molecule has 0 unspecified atom stereocenters. The van der Waals surface area contributed by atoms with E-state index in [9.17, 15) is 4.79 Å². The van der Waals surface area contributed by atoms with Crippen molar-refractivity contribution in [1.29, 1.82) is 0 Å². The van der Waals surface area contributed by atoms with Crippen LogP contribution in [0.1, 0.15) is 59.8 Å². The van der Waals surface area contributed by atoms with Crippen LogP contribution in [0.2, 0.25) is 0 Å². The Hall–Kier alpha value is -0.370. The van der Waals surface area contributed by atoms with E-state index >= 15 is 0 Å². The van der Waals surface area contributed by atoms with Gasteiger partial charge in [0.2, 0.25) is 0 Å². The third kappa shape index (κ3) is 4.65. The van der Waals surface area contributed by atoms with Crippen LogP contribution in [0.3, 0.4) is 0 Å². The number of carbonyl (C=O) groups is 1. The first-order valence-electron chi connectivity index (χ1n) is 6.70. The van der Waals surface area contributed by atoms with Gasteiger partial charge in [-0.25, -0.2) is 0 Å². The highest BCUT2D eigenvalue weighted by atomic mass is 16.1. The summed E-state index contributed by atoms with van der Waals surface area (Å²) in [6.45, 7) is 9.71. The summed E-state index contributed by atoms with van der Waals surface area (Å²) in [5.41, 5.74) is 0.218. The van der Waals surface area contributed by atoms with E-state index in [1.54, 1.807) is 0 Å². The third-order valence-electron chi connectivity index (χ3n) is 3.57. The molecule has 1 N–H and O–H groups in total. The van der Waals surface area contributed by atoms with Crippen LogP contribution in [0.25, 0.3) is 0 Å². The molecule has 94 valence electrons. The molecule has 0 spiro atoms. The number of Topliss-reactive ketones (excluding diaryl/α,β-unsaturated/α-hetero) is 1. The molecule has 0 atom stereocenters. The summed E-state index contributed by atoms with van der Waals surface area (Å²) in [4.78, 5) is 11.6. The van der Waals surface area contributed by atoms with Gasteiger partial charge in [-0.2, -0.15) is 0 Å². The van der Waals surface area contributed by atoms with Crippen LogP contribution in [0.15, 0.2) is 0 Å². The van der Waals surface area contributed by atoms with Gasteiger partial charge in [0, 0.05) is 17.9 Å². The second-order valence-corrected chi connectivity index (χ2v) is 6.17. The molecule has 0 saturated heterocycles. The first-order chi connectivity index (χ1) is 7.42. The highest BCUT2D eigenvalue weighted by Gasteiger charge is 2.25. The molecule has 16 heavy (non-hydrogen) atoms. The Bertz CT molecular complexity index is 221. The third-order valence-corrected chi connectivity index (χ3v) is 3.57. The van der Waals surface area contributed by atoms with Crippen molar-refractivity contribution in [1.82, 2.24) is 5.32 Å². The van der Waals surface area contributed by atoms with Gasteiger partial charge in [0.25, 0.3) is 0 Å². The van der Waals surface area contributed by atoms with Gasteiger partial charge in [0.15, 0.2) is 0 Å². The van der Waals surface area contributed by atoms with Crippen LogP contribution in [0.4, 0.5) is 0 Å². The van der Waals surface area contributed by atoms with Crippen molar-refractivity contribution in [2.24, 2.45) is 11.8 Å². The van der Waals surface area contributed by atoms with E-state index in [1.807, 2.05) is 6.92 Å². The molecule has 1 saturated carbocycles. The van der Waals surface area contributed by atoms with Crippen LogP contribution >= 0.6 is 0 Å². The van der Waals surface area contributed by atoms with Crippen LogP contribution in [0, 0.1) is 11.8 Å². The van der Waals surface area contributed by atoms with E-state index in [4.69, 9.17) is 0 Å². The molecule has 0 amide bonds. The van der Waals surface area contributed by atoms with E-state index in [-0.39, 0.29) is 5.54 Å². The maximum Gasteiger partial charge on any atom is 0.135 e. The number of hydrogen-bond donors (Lipinski definition) is 1. The van der Waals surface area contributed by atoms with E-state index in [0.29, 0.717) is 11.7 Å². The Labute approximate surface area is 100 Å². The molecule has 0 aromatic heterocycles. The van der Waals surface area contributed by atoms with E-state index < -0.39 is 0 Å². The quantitative estimate of drug-likeness (QED) is 0.796. The van der Waals surface area contributed by atoms with Crippen molar-refractivity contribution in [3.63, 3.8) is 0 Å². The minimum absolute atomic E-state index is 0.218. The molecule has 1 aliphatic rings. The second-order valence-electron chi connectivity index (χ2n) is 6.17. The Balaban J connectivity index is 2.24. The fourth-order valence-corrected chi connectivity index (χ4v) is 2.43. The lowest BCUT2D eigenvalue weighted by Crippen LogP contribution is -2.40. The van der Waals surface area contributed by atoms with Gasteiger partial charge in [0.1, 0.15) is 5.78 Å². The number of hydrogen-bond acceptors (Lipinski definition) is 2. The van der Waals surface area contributed by atoms with Gasteiger partial charge < -0.3 is 5.32 Å². The molecule has 0 radical (unpaired) electrons. The molecule has 0 heterocycles. The molecular weight excluding hydrogens is 198 g/mol. The molecule has 1 aliphatic carbocycles. The topological polar surface area (TPSA) is 29.1 Å². The van der Waals surface area contributed by atoms with Gasteiger partial charge in [0.05, 0.1) is 0 Å².